The minimum atomic E-state index is 0.145. The normalized spacial score (nSPS) is 10.2. The first-order valence-electron chi connectivity index (χ1n) is 6.33. The molecule has 0 amide bonds. The molecule has 0 saturated heterocycles. The van der Waals surface area contributed by atoms with Crippen molar-refractivity contribution in [2.45, 2.75) is 6.54 Å². The standard InChI is InChI=1S/C15H19N3O2/c1-18(2)13-6-7-16-10-12(13)17-9-11-4-5-14(19)15(8-11)20-3/h4-8,10,17,19H,9H2,1-3H3. The topological polar surface area (TPSA) is 57.6 Å². The van der Waals surface area contributed by atoms with Crippen molar-refractivity contribution < 1.29 is 9.84 Å². The van der Waals surface area contributed by atoms with Crippen LogP contribution >= 0.6 is 0 Å². The first kappa shape index (κ1) is 14.0. The van der Waals surface area contributed by atoms with Crippen LogP contribution in [0.5, 0.6) is 11.5 Å². The van der Waals surface area contributed by atoms with Crippen LogP contribution in [0.15, 0.2) is 36.7 Å². The van der Waals surface area contributed by atoms with Crippen LogP contribution < -0.4 is 15.0 Å². The van der Waals surface area contributed by atoms with Gasteiger partial charge >= 0.3 is 0 Å². The largest absolute Gasteiger partial charge is 0.504 e. The van der Waals surface area contributed by atoms with E-state index in [0.717, 1.165) is 16.9 Å². The fourth-order valence-electron chi connectivity index (χ4n) is 1.94. The number of rotatable bonds is 5. The Hall–Kier alpha value is -2.43. The maximum Gasteiger partial charge on any atom is 0.160 e. The Morgan fingerprint density at radius 2 is 2.10 bits per heavy atom. The molecule has 5 nitrogen and oxygen atoms in total. The van der Waals surface area contributed by atoms with Crippen molar-refractivity contribution in [1.29, 1.82) is 0 Å². The Morgan fingerprint density at radius 1 is 1.30 bits per heavy atom. The van der Waals surface area contributed by atoms with Crippen LogP contribution in [0.4, 0.5) is 11.4 Å². The van der Waals surface area contributed by atoms with Crippen molar-refractivity contribution in [1.82, 2.24) is 4.98 Å². The molecule has 0 atom stereocenters. The molecular formula is C15H19N3O2. The summed E-state index contributed by atoms with van der Waals surface area (Å²) < 4.78 is 5.10. The van der Waals surface area contributed by atoms with Gasteiger partial charge in [-0.3, -0.25) is 4.98 Å². The third-order valence-corrected chi connectivity index (χ3v) is 3.01. The fourth-order valence-corrected chi connectivity index (χ4v) is 1.94. The molecule has 0 aliphatic heterocycles. The van der Waals surface area contributed by atoms with Crippen molar-refractivity contribution in [2.75, 3.05) is 31.4 Å². The maximum atomic E-state index is 9.58. The number of phenolic OH excluding ortho intramolecular Hbond substituents is 1. The fraction of sp³-hybridized carbons (Fsp3) is 0.267. The van der Waals surface area contributed by atoms with Gasteiger partial charge in [-0.05, 0) is 23.8 Å². The number of methoxy groups -OCH3 is 1. The van der Waals surface area contributed by atoms with Crippen LogP contribution in [0.2, 0.25) is 0 Å². The summed E-state index contributed by atoms with van der Waals surface area (Å²) in [6.45, 7) is 0.628. The van der Waals surface area contributed by atoms with Crippen molar-refractivity contribution in [3.63, 3.8) is 0 Å². The maximum absolute atomic E-state index is 9.58. The van der Waals surface area contributed by atoms with Crippen molar-refractivity contribution in [3.05, 3.63) is 42.2 Å². The van der Waals surface area contributed by atoms with E-state index in [1.165, 1.54) is 7.11 Å². The molecule has 0 bridgehead atoms. The Kier molecular flexibility index (Phi) is 4.30. The van der Waals surface area contributed by atoms with Gasteiger partial charge in [-0.25, -0.2) is 0 Å². The summed E-state index contributed by atoms with van der Waals surface area (Å²) in [6.07, 6.45) is 3.57. The van der Waals surface area contributed by atoms with Gasteiger partial charge in [0.25, 0.3) is 0 Å². The highest BCUT2D eigenvalue weighted by Crippen LogP contribution is 2.27. The summed E-state index contributed by atoms with van der Waals surface area (Å²) in [7, 11) is 5.52. The lowest BCUT2D eigenvalue weighted by Gasteiger charge is -2.18. The van der Waals surface area contributed by atoms with E-state index in [1.54, 1.807) is 18.5 Å². The lowest BCUT2D eigenvalue weighted by Crippen LogP contribution is -2.12. The van der Waals surface area contributed by atoms with Crippen molar-refractivity contribution >= 4 is 11.4 Å². The predicted octanol–water partition coefficient (Wildman–Crippen LogP) is 2.47. The number of hydrogen-bond acceptors (Lipinski definition) is 5. The molecule has 20 heavy (non-hydrogen) atoms. The summed E-state index contributed by atoms with van der Waals surface area (Å²) in [5.41, 5.74) is 3.06. The lowest BCUT2D eigenvalue weighted by molar-refractivity contribution is 0.373. The number of ether oxygens (including phenoxy) is 1. The Labute approximate surface area is 118 Å². The van der Waals surface area contributed by atoms with E-state index in [9.17, 15) is 5.11 Å². The zero-order valence-electron chi connectivity index (χ0n) is 11.9. The summed E-state index contributed by atoms with van der Waals surface area (Å²) in [5, 5.41) is 12.9. The van der Waals surface area contributed by atoms with Crippen LogP contribution in [0.25, 0.3) is 0 Å². The molecule has 2 aromatic rings. The van der Waals surface area contributed by atoms with Gasteiger partial charge in [0.1, 0.15) is 0 Å². The highest BCUT2D eigenvalue weighted by Gasteiger charge is 2.06. The minimum absolute atomic E-state index is 0.145. The highest BCUT2D eigenvalue weighted by molar-refractivity contribution is 5.68. The number of nitrogens with zero attached hydrogens (tertiary/aromatic N) is 2. The zero-order valence-corrected chi connectivity index (χ0v) is 11.9. The van der Waals surface area contributed by atoms with Crippen LogP contribution in [0.1, 0.15) is 5.56 Å². The molecule has 1 aromatic carbocycles. The van der Waals surface area contributed by atoms with E-state index >= 15 is 0 Å². The van der Waals surface area contributed by atoms with Crippen molar-refractivity contribution in [3.8, 4) is 11.5 Å². The summed E-state index contributed by atoms with van der Waals surface area (Å²) in [5.74, 6) is 0.620. The van der Waals surface area contributed by atoms with Gasteiger partial charge in [-0.15, -0.1) is 0 Å². The minimum Gasteiger partial charge on any atom is -0.504 e. The molecule has 0 unspecified atom stereocenters. The molecule has 1 aromatic heterocycles. The first-order valence-corrected chi connectivity index (χ1v) is 6.33. The van der Waals surface area contributed by atoms with E-state index in [1.807, 2.05) is 37.2 Å². The summed E-state index contributed by atoms with van der Waals surface area (Å²) >= 11 is 0. The van der Waals surface area contributed by atoms with E-state index < -0.39 is 0 Å². The van der Waals surface area contributed by atoms with E-state index in [2.05, 4.69) is 10.3 Å². The number of pyridine rings is 1. The highest BCUT2D eigenvalue weighted by atomic mass is 16.5. The molecule has 2 N–H and O–H groups in total. The average Bonchev–Trinajstić information content (AvgIpc) is 2.46. The molecule has 0 saturated carbocycles. The SMILES string of the molecule is COc1cc(CNc2cnccc2N(C)C)ccc1O. The van der Waals surface area contributed by atoms with Gasteiger partial charge in [0.05, 0.1) is 24.7 Å². The third-order valence-electron chi connectivity index (χ3n) is 3.01. The lowest BCUT2D eigenvalue weighted by atomic mass is 10.2. The molecule has 0 spiro atoms. The number of benzene rings is 1. The van der Waals surface area contributed by atoms with Gasteiger partial charge in [-0.2, -0.15) is 0 Å². The van der Waals surface area contributed by atoms with Crippen molar-refractivity contribution in [2.24, 2.45) is 0 Å². The molecule has 2 rings (SSSR count). The summed E-state index contributed by atoms with van der Waals surface area (Å²) in [4.78, 5) is 6.16. The average molecular weight is 273 g/mol. The second kappa shape index (κ2) is 6.14. The number of hydrogen-bond donors (Lipinski definition) is 2. The number of phenols is 1. The summed E-state index contributed by atoms with van der Waals surface area (Å²) in [6, 6.07) is 7.26. The van der Waals surface area contributed by atoms with E-state index in [0.29, 0.717) is 12.3 Å². The van der Waals surface area contributed by atoms with Gasteiger partial charge in [-0.1, -0.05) is 6.07 Å². The van der Waals surface area contributed by atoms with E-state index in [-0.39, 0.29) is 5.75 Å². The molecular weight excluding hydrogens is 254 g/mol. The van der Waals surface area contributed by atoms with Crippen LogP contribution in [0.3, 0.4) is 0 Å². The van der Waals surface area contributed by atoms with Gasteiger partial charge in [0.2, 0.25) is 0 Å². The van der Waals surface area contributed by atoms with E-state index in [4.69, 9.17) is 4.74 Å². The number of aromatic hydroxyl groups is 1. The molecule has 0 aliphatic carbocycles. The van der Waals surface area contributed by atoms with Crippen LogP contribution in [-0.2, 0) is 6.54 Å². The molecule has 106 valence electrons. The third kappa shape index (κ3) is 3.12. The number of anilines is 2. The Bertz CT molecular complexity index is 585. The number of aromatic nitrogens is 1. The Balaban J connectivity index is 2.13. The van der Waals surface area contributed by atoms with Gasteiger partial charge < -0.3 is 20.1 Å². The predicted molar refractivity (Wildman–Crippen MR) is 80.5 cm³/mol. The second-order valence-electron chi connectivity index (χ2n) is 4.65. The molecule has 0 aliphatic rings. The molecule has 0 radical (unpaired) electrons. The monoisotopic (exact) mass is 273 g/mol. The number of nitrogens with one attached hydrogen (secondary N) is 1. The molecule has 0 fully saturated rings. The molecule has 1 heterocycles. The smallest absolute Gasteiger partial charge is 0.160 e. The first-order chi connectivity index (χ1) is 9.61. The quantitative estimate of drug-likeness (QED) is 0.876. The zero-order chi connectivity index (χ0) is 14.5. The van der Waals surface area contributed by atoms with Gasteiger partial charge in [0.15, 0.2) is 11.5 Å². The molecule has 5 heteroatoms. The second-order valence-corrected chi connectivity index (χ2v) is 4.65. The van der Waals surface area contributed by atoms with Gasteiger partial charge in [0, 0.05) is 26.8 Å². The van der Waals surface area contributed by atoms with Crippen LogP contribution in [0, 0.1) is 0 Å². The Morgan fingerprint density at radius 3 is 2.80 bits per heavy atom. The van der Waals surface area contributed by atoms with Crippen LogP contribution in [-0.4, -0.2) is 31.3 Å².